The molecule has 1 saturated heterocycles. The van der Waals surface area contributed by atoms with Crippen molar-refractivity contribution in [2.24, 2.45) is 0 Å². The molecule has 1 fully saturated rings. The molecule has 1 aromatic carbocycles. The van der Waals surface area contributed by atoms with Crippen LogP contribution in [0.3, 0.4) is 0 Å². The van der Waals surface area contributed by atoms with Gasteiger partial charge in [-0.05, 0) is 25.1 Å². The maximum absolute atomic E-state index is 12.3. The standard InChI is InChI=1S/C14H19N3O4/c1-9(13(18)17-4-6-21-7-5-17)16-12-3-2-10(15)8-11(12)14(19)20/h2-3,8-9,16H,4-7,15H2,1H3,(H,19,20). The number of nitrogens with two attached hydrogens (primary N) is 1. The van der Waals surface area contributed by atoms with E-state index in [1.807, 2.05) is 0 Å². The minimum absolute atomic E-state index is 0.0524. The highest BCUT2D eigenvalue weighted by Crippen LogP contribution is 2.20. The van der Waals surface area contributed by atoms with E-state index in [1.54, 1.807) is 24.0 Å². The van der Waals surface area contributed by atoms with E-state index in [0.29, 0.717) is 37.7 Å². The number of carbonyl (C=O) groups is 2. The Morgan fingerprint density at radius 1 is 1.38 bits per heavy atom. The summed E-state index contributed by atoms with van der Waals surface area (Å²) in [6.07, 6.45) is 0. The number of carbonyl (C=O) groups excluding carboxylic acids is 1. The molecule has 1 aromatic rings. The highest BCUT2D eigenvalue weighted by atomic mass is 16.5. The largest absolute Gasteiger partial charge is 0.478 e. The van der Waals surface area contributed by atoms with E-state index >= 15 is 0 Å². The number of nitrogens with zero attached hydrogens (tertiary/aromatic N) is 1. The zero-order chi connectivity index (χ0) is 15.4. The van der Waals surface area contributed by atoms with Gasteiger partial charge in [0.25, 0.3) is 0 Å². The van der Waals surface area contributed by atoms with Crippen LogP contribution in [0.5, 0.6) is 0 Å². The van der Waals surface area contributed by atoms with Gasteiger partial charge in [-0.15, -0.1) is 0 Å². The molecule has 0 radical (unpaired) electrons. The molecule has 0 saturated carbocycles. The van der Waals surface area contributed by atoms with Gasteiger partial charge in [-0.25, -0.2) is 4.79 Å². The zero-order valence-electron chi connectivity index (χ0n) is 11.8. The fourth-order valence-electron chi connectivity index (χ4n) is 2.22. The van der Waals surface area contributed by atoms with Gasteiger partial charge in [0.05, 0.1) is 18.8 Å². The first kappa shape index (κ1) is 15.1. The van der Waals surface area contributed by atoms with E-state index in [-0.39, 0.29) is 11.5 Å². The number of ether oxygens (including phenoxy) is 1. The van der Waals surface area contributed by atoms with Crippen molar-refractivity contribution in [1.82, 2.24) is 4.90 Å². The van der Waals surface area contributed by atoms with Gasteiger partial charge in [0.15, 0.2) is 0 Å². The predicted octanol–water partition coefficient (Wildman–Crippen LogP) is 0.626. The first-order chi connectivity index (χ1) is 9.99. The summed E-state index contributed by atoms with van der Waals surface area (Å²) in [6.45, 7) is 3.87. The number of aromatic carboxylic acids is 1. The van der Waals surface area contributed by atoms with Crippen LogP contribution >= 0.6 is 0 Å². The summed E-state index contributed by atoms with van der Waals surface area (Å²) in [4.78, 5) is 25.2. The van der Waals surface area contributed by atoms with Crippen LogP contribution in [-0.4, -0.2) is 54.2 Å². The number of carboxylic acids is 1. The second-order valence-corrected chi connectivity index (χ2v) is 4.91. The fraction of sp³-hybridized carbons (Fsp3) is 0.429. The van der Waals surface area contributed by atoms with Crippen LogP contribution in [0.2, 0.25) is 0 Å². The third-order valence-corrected chi connectivity index (χ3v) is 3.34. The molecule has 7 nitrogen and oxygen atoms in total. The Morgan fingerprint density at radius 2 is 2.05 bits per heavy atom. The summed E-state index contributed by atoms with van der Waals surface area (Å²) in [5.74, 6) is -1.16. The number of benzene rings is 1. The Kier molecular flexibility index (Phi) is 4.64. The zero-order valence-corrected chi connectivity index (χ0v) is 11.8. The first-order valence-corrected chi connectivity index (χ1v) is 6.75. The molecule has 21 heavy (non-hydrogen) atoms. The summed E-state index contributed by atoms with van der Waals surface area (Å²) in [5.41, 5.74) is 6.39. The molecule has 0 aromatic heterocycles. The average molecular weight is 293 g/mol. The maximum Gasteiger partial charge on any atom is 0.337 e. The Bertz CT molecular complexity index is 541. The van der Waals surface area contributed by atoms with E-state index in [1.165, 1.54) is 6.07 Å². The number of hydrogen-bond acceptors (Lipinski definition) is 5. The molecular weight excluding hydrogens is 274 g/mol. The van der Waals surface area contributed by atoms with Gasteiger partial charge in [0, 0.05) is 24.5 Å². The molecular formula is C14H19N3O4. The molecule has 0 bridgehead atoms. The summed E-state index contributed by atoms with van der Waals surface area (Å²) in [7, 11) is 0. The fourth-order valence-corrected chi connectivity index (χ4v) is 2.22. The van der Waals surface area contributed by atoms with Gasteiger partial charge < -0.3 is 25.8 Å². The third kappa shape index (κ3) is 3.63. The van der Waals surface area contributed by atoms with E-state index in [9.17, 15) is 14.7 Å². The Morgan fingerprint density at radius 3 is 2.67 bits per heavy atom. The molecule has 1 aliphatic rings. The lowest BCUT2D eigenvalue weighted by Crippen LogP contribution is -2.47. The van der Waals surface area contributed by atoms with Crippen LogP contribution in [0.1, 0.15) is 17.3 Å². The first-order valence-electron chi connectivity index (χ1n) is 6.75. The van der Waals surface area contributed by atoms with Crippen molar-refractivity contribution in [2.75, 3.05) is 37.4 Å². The number of rotatable bonds is 4. The van der Waals surface area contributed by atoms with Crippen molar-refractivity contribution >= 4 is 23.3 Å². The Hall–Kier alpha value is -2.28. The van der Waals surface area contributed by atoms with E-state index in [2.05, 4.69) is 5.32 Å². The van der Waals surface area contributed by atoms with E-state index < -0.39 is 12.0 Å². The lowest BCUT2D eigenvalue weighted by Gasteiger charge is -2.30. The number of nitrogens with one attached hydrogen (secondary N) is 1. The number of morpholine rings is 1. The van der Waals surface area contributed by atoms with Crippen molar-refractivity contribution < 1.29 is 19.4 Å². The number of anilines is 2. The SMILES string of the molecule is CC(Nc1ccc(N)cc1C(=O)O)C(=O)N1CCOCC1. The van der Waals surface area contributed by atoms with Crippen LogP contribution in [0, 0.1) is 0 Å². The van der Waals surface area contributed by atoms with Gasteiger partial charge in [-0.2, -0.15) is 0 Å². The molecule has 1 unspecified atom stereocenters. The highest BCUT2D eigenvalue weighted by molar-refractivity contribution is 5.96. The van der Waals surface area contributed by atoms with Crippen molar-refractivity contribution in [3.63, 3.8) is 0 Å². The molecule has 114 valence electrons. The summed E-state index contributed by atoms with van der Waals surface area (Å²) < 4.78 is 5.21. The van der Waals surface area contributed by atoms with Gasteiger partial charge in [-0.3, -0.25) is 4.79 Å². The Balaban J connectivity index is 2.10. The molecule has 0 aliphatic carbocycles. The highest BCUT2D eigenvalue weighted by Gasteiger charge is 2.23. The molecule has 4 N–H and O–H groups in total. The van der Waals surface area contributed by atoms with Crippen LogP contribution in [0.25, 0.3) is 0 Å². The maximum atomic E-state index is 12.3. The molecule has 1 amide bonds. The topological polar surface area (TPSA) is 105 Å². The smallest absolute Gasteiger partial charge is 0.337 e. The van der Waals surface area contributed by atoms with Crippen molar-refractivity contribution in [2.45, 2.75) is 13.0 Å². The van der Waals surface area contributed by atoms with Gasteiger partial charge in [-0.1, -0.05) is 0 Å². The number of amides is 1. The summed E-state index contributed by atoms with van der Waals surface area (Å²) in [5, 5.41) is 12.1. The van der Waals surface area contributed by atoms with E-state index in [4.69, 9.17) is 10.5 Å². The molecule has 0 spiro atoms. The number of hydrogen-bond donors (Lipinski definition) is 3. The lowest BCUT2D eigenvalue weighted by atomic mass is 10.1. The minimum atomic E-state index is -1.09. The third-order valence-electron chi connectivity index (χ3n) is 3.34. The number of nitrogen functional groups attached to an aromatic ring is 1. The lowest BCUT2D eigenvalue weighted by molar-refractivity contribution is -0.135. The Labute approximate surface area is 122 Å². The van der Waals surface area contributed by atoms with Crippen LogP contribution in [0.4, 0.5) is 11.4 Å². The minimum Gasteiger partial charge on any atom is -0.478 e. The van der Waals surface area contributed by atoms with Gasteiger partial charge in [0.2, 0.25) is 5.91 Å². The molecule has 1 atom stereocenters. The molecule has 1 heterocycles. The van der Waals surface area contributed by atoms with Crippen LogP contribution < -0.4 is 11.1 Å². The quantitative estimate of drug-likeness (QED) is 0.703. The predicted molar refractivity (Wildman–Crippen MR) is 78.3 cm³/mol. The van der Waals surface area contributed by atoms with Crippen LogP contribution in [0.15, 0.2) is 18.2 Å². The van der Waals surface area contributed by atoms with E-state index in [0.717, 1.165) is 0 Å². The number of carboxylic acid groups (broad SMARTS) is 1. The molecule has 7 heteroatoms. The van der Waals surface area contributed by atoms with Crippen molar-refractivity contribution in [3.05, 3.63) is 23.8 Å². The monoisotopic (exact) mass is 293 g/mol. The molecule has 1 aliphatic heterocycles. The van der Waals surface area contributed by atoms with Crippen molar-refractivity contribution in [1.29, 1.82) is 0 Å². The van der Waals surface area contributed by atoms with Crippen molar-refractivity contribution in [3.8, 4) is 0 Å². The van der Waals surface area contributed by atoms with Gasteiger partial charge in [0.1, 0.15) is 6.04 Å². The average Bonchev–Trinajstić information content (AvgIpc) is 2.49. The second kappa shape index (κ2) is 6.45. The van der Waals surface area contributed by atoms with Gasteiger partial charge >= 0.3 is 5.97 Å². The summed E-state index contributed by atoms with van der Waals surface area (Å²) in [6, 6.07) is 4.02. The summed E-state index contributed by atoms with van der Waals surface area (Å²) >= 11 is 0. The second-order valence-electron chi connectivity index (χ2n) is 4.91. The van der Waals surface area contributed by atoms with Crippen LogP contribution in [-0.2, 0) is 9.53 Å². The normalized spacial score (nSPS) is 16.3. The molecule has 2 rings (SSSR count).